The quantitative estimate of drug-likeness (QED) is 0.0650. The van der Waals surface area contributed by atoms with Gasteiger partial charge in [0.05, 0.1) is 11.1 Å². The molecule has 238 valence electrons. The SMILES string of the molecule is CCCCCC[Si]1(CCCCCC)c2cc(C=C3C(=O)c4ccccc4C3=O)sc2-c2sc(C=C3C(=O)c4ccccc4C3=O)cc21. The molecule has 1 aliphatic heterocycles. The van der Waals surface area contributed by atoms with E-state index in [1.165, 1.54) is 71.5 Å². The lowest BCUT2D eigenvalue weighted by Crippen LogP contribution is -2.54. The van der Waals surface area contributed by atoms with Crippen LogP contribution in [-0.4, -0.2) is 31.2 Å². The first-order valence-corrected chi connectivity index (χ1v) is 21.0. The lowest BCUT2D eigenvalue weighted by molar-refractivity contribution is 0.0975. The van der Waals surface area contributed by atoms with Crippen LogP contribution in [0.4, 0.5) is 0 Å². The maximum absolute atomic E-state index is 13.3. The summed E-state index contributed by atoms with van der Waals surface area (Å²) in [6.45, 7) is 4.49. The van der Waals surface area contributed by atoms with Crippen LogP contribution < -0.4 is 10.4 Å². The van der Waals surface area contributed by atoms with Gasteiger partial charge in [-0.1, -0.05) is 114 Å². The van der Waals surface area contributed by atoms with E-state index in [2.05, 4.69) is 26.0 Å². The molecule has 0 amide bonds. The second kappa shape index (κ2) is 13.0. The largest absolute Gasteiger partial charge is 0.288 e. The van der Waals surface area contributed by atoms with E-state index in [4.69, 9.17) is 0 Å². The van der Waals surface area contributed by atoms with Gasteiger partial charge in [-0.2, -0.15) is 0 Å². The highest BCUT2D eigenvalue weighted by Crippen LogP contribution is 2.45. The zero-order valence-corrected chi connectivity index (χ0v) is 29.6. The molecule has 7 rings (SSSR count). The van der Waals surface area contributed by atoms with Gasteiger partial charge in [-0.05, 0) is 46.7 Å². The molecule has 0 N–H and O–H groups in total. The summed E-state index contributed by atoms with van der Waals surface area (Å²) in [6.07, 6.45) is 13.2. The Morgan fingerprint density at radius 2 is 0.894 bits per heavy atom. The third kappa shape index (κ3) is 5.42. The van der Waals surface area contributed by atoms with E-state index in [1.807, 2.05) is 12.2 Å². The zero-order valence-electron chi connectivity index (χ0n) is 26.9. The number of fused-ring (bicyclic) bond motifs is 5. The third-order valence-electron chi connectivity index (χ3n) is 10.0. The Kier molecular flexibility index (Phi) is 8.81. The van der Waals surface area contributed by atoms with Crippen molar-refractivity contribution >= 4 is 76.4 Å². The summed E-state index contributed by atoms with van der Waals surface area (Å²) in [7, 11) is -2.22. The standard InChI is InChI=1S/C40H38O4S2Si/c1-3-5-7-13-19-47(20-14-8-6-4-2)33-23-25(21-31-35(41)27-15-9-10-16-28(27)36(31)42)45-39(33)40-34(47)24-26(46-40)22-32-37(43)29-17-11-12-18-30(29)38(32)44/h9-12,15-18,21-24H,3-8,13-14,19-20H2,1-2H3. The molecule has 2 aromatic heterocycles. The molecule has 0 fully saturated rings. The number of rotatable bonds is 12. The van der Waals surface area contributed by atoms with Crippen molar-refractivity contribution in [2.45, 2.75) is 77.3 Å². The number of hydrogen-bond donors (Lipinski definition) is 0. The number of carbonyl (C=O) groups excluding carboxylic acids is 4. The number of benzene rings is 2. The first kappa shape index (κ1) is 31.8. The highest BCUT2D eigenvalue weighted by Gasteiger charge is 2.47. The summed E-state index contributed by atoms with van der Waals surface area (Å²) in [5.41, 5.74) is 2.44. The van der Waals surface area contributed by atoms with Crippen molar-refractivity contribution in [3.05, 3.63) is 104 Å². The minimum absolute atomic E-state index is 0.195. The van der Waals surface area contributed by atoms with Crippen LogP contribution in [0.25, 0.3) is 21.9 Å². The fourth-order valence-electron chi connectivity index (χ4n) is 7.62. The second-order valence-corrected chi connectivity index (χ2v) is 19.4. The fraction of sp³-hybridized carbons (Fsp3) is 0.300. The molecular weight excluding hydrogens is 637 g/mol. The van der Waals surface area contributed by atoms with Crippen molar-refractivity contribution in [1.82, 2.24) is 0 Å². The molecule has 2 aliphatic carbocycles. The van der Waals surface area contributed by atoms with Crippen LogP contribution in [0.5, 0.6) is 0 Å². The zero-order chi connectivity index (χ0) is 32.7. The molecule has 3 heterocycles. The monoisotopic (exact) mass is 674 g/mol. The topological polar surface area (TPSA) is 68.3 Å². The van der Waals surface area contributed by atoms with Crippen LogP contribution in [0.15, 0.2) is 71.8 Å². The minimum atomic E-state index is -2.22. The number of Topliss-reactive ketones (excluding diaryl/α,β-unsaturated/α-hetero) is 4. The maximum atomic E-state index is 13.3. The summed E-state index contributed by atoms with van der Waals surface area (Å²) in [5.74, 6) is -0.780. The molecule has 0 unspecified atom stereocenters. The van der Waals surface area contributed by atoms with Crippen LogP contribution in [0.1, 0.15) is 116 Å². The number of carbonyl (C=O) groups is 4. The summed E-state index contributed by atoms with van der Waals surface area (Å²) in [5, 5.41) is 2.89. The van der Waals surface area contributed by atoms with Crippen molar-refractivity contribution in [1.29, 1.82) is 0 Å². The maximum Gasteiger partial charge on any atom is 0.197 e. The number of allylic oxidation sites excluding steroid dienone is 2. The Balaban J connectivity index is 1.32. The molecule has 0 atom stereocenters. The average Bonchev–Trinajstić information content (AvgIpc) is 3.86. The lowest BCUT2D eigenvalue weighted by atomic mass is 10.1. The van der Waals surface area contributed by atoms with Gasteiger partial charge in [0, 0.05) is 41.8 Å². The Morgan fingerprint density at radius 1 is 0.532 bits per heavy atom. The highest BCUT2D eigenvalue weighted by molar-refractivity contribution is 7.29. The van der Waals surface area contributed by atoms with Gasteiger partial charge in [0.25, 0.3) is 0 Å². The van der Waals surface area contributed by atoms with E-state index < -0.39 is 8.07 Å². The Labute approximate surface area is 285 Å². The van der Waals surface area contributed by atoms with Crippen molar-refractivity contribution in [2.24, 2.45) is 0 Å². The highest BCUT2D eigenvalue weighted by atomic mass is 32.1. The number of unbranched alkanes of at least 4 members (excludes halogenated alkanes) is 6. The normalized spacial score (nSPS) is 15.7. The van der Waals surface area contributed by atoms with Crippen LogP contribution in [0, 0.1) is 0 Å². The summed E-state index contributed by atoms with van der Waals surface area (Å²) in [6, 6.07) is 21.1. The molecule has 3 aliphatic rings. The molecule has 4 aromatic rings. The molecule has 0 spiro atoms. The predicted molar refractivity (Wildman–Crippen MR) is 197 cm³/mol. The minimum Gasteiger partial charge on any atom is -0.288 e. The molecule has 7 heteroatoms. The number of hydrogen-bond acceptors (Lipinski definition) is 6. The molecule has 4 nitrogen and oxygen atoms in total. The van der Waals surface area contributed by atoms with Crippen molar-refractivity contribution in [2.75, 3.05) is 0 Å². The van der Waals surface area contributed by atoms with Gasteiger partial charge in [0.15, 0.2) is 23.1 Å². The van der Waals surface area contributed by atoms with E-state index in [0.717, 1.165) is 21.8 Å². The van der Waals surface area contributed by atoms with Crippen LogP contribution in [0.3, 0.4) is 0 Å². The van der Waals surface area contributed by atoms with Gasteiger partial charge >= 0.3 is 0 Å². The van der Waals surface area contributed by atoms with E-state index in [1.54, 1.807) is 71.2 Å². The summed E-state index contributed by atoms with van der Waals surface area (Å²) >= 11 is 3.36. The Bertz CT molecular complexity index is 1790. The van der Waals surface area contributed by atoms with Gasteiger partial charge in [0.2, 0.25) is 0 Å². The number of ketones is 4. The van der Waals surface area contributed by atoms with Crippen LogP contribution in [-0.2, 0) is 0 Å². The van der Waals surface area contributed by atoms with Gasteiger partial charge in [0.1, 0.15) is 8.07 Å². The molecule has 47 heavy (non-hydrogen) atoms. The summed E-state index contributed by atoms with van der Waals surface area (Å²) in [4.78, 5) is 57.6. The fourth-order valence-corrected chi connectivity index (χ4v) is 17.0. The van der Waals surface area contributed by atoms with Gasteiger partial charge in [-0.25, -0.2) is 0 Å². The smallest absolute Gasteiger partial charge is 0.197 e. The van der Waals surface area contributed by atoms with Crippen molar-refractivity contribution in [3.63, 3.8) is 0 Å². The Morgan fingerprint density at radius 3 is 1.23 bits per heavy atom. The molecule has 2 aromatic carbocycles. The Hall–Kier alpha value is -3.78. The van der Waals surface area contributed by atoms with E-state index >= 15 is 0 Å². The van der Waals surface area contributed by atoms with Crippen molar-refractivity contribution < 1.29 is 19.2 Å². The van der Waals surface area contributed by atoms with Gasteiger partial charge < -0.3 is 0 Å². The average molecular weight is 675 g/mol. The molecule has 0 bridgehead atoms. The first-order valence-electron chi connectivity index (χ1n) is 17.0. The lowest BCUT2D eigenvalue weighted by Gasteiger charge is -2.29. The number of thiophene rings is 2. The first-order chi connectivity index (χ1) is 22.9. The van der Waals surface area contributed by atoms with E-state index in [0.29, 0.717) is 22.3 Å². The van der Waals surface area contributed by atoms with Crippen LogP contribution in [0.2, 0.25) is 12.1 Å². The molecular formula is C40H38O4S2Si. The van der Waals surface area contributed by atoms with Gasteiger partial charge in [-0.15, -0.1) is 22.7 Å². The predicted octanol–water partition coefficient (Wildman–Crippen LogP) is 9.44. The molecule has 0 saturated carbocycles. The van der Waals surface area contributed by atoms with E-state index in [-0.39, 0.29) is 34.3 Å². The van der Waals surface area contributed by atoms with Crippen molar-refractivity contribution in [3.8, 4) is 9.75 Å². The second-order valence-electron chi connectivity index (χ2n) is 13.0. The molecule has 0 saturated heterocycles. The van der Waals surface area contributed by atoms with Gasteiger partial charge in [-0.3, -0.25) is 19.2 Å². The van der Waals surface area contributed by atoms with E-state index in [9.17, 15) is 19.2 Å². The van der Waals surface area contributed by atoms with Crippen LogP contribution >= 0.6 is 22.7 Å². The third-order valence-corrected chi connectivity index (χ3v) is 18.0. The summed E-state index contributed by atoms with van der Waals surface area (Å²) < 4.78 is 0. The molecule has 0 radical (unpaired) electrons.